The molecule has 2 aromatic carbocycles. The van der Waals surface area contributed by atoms with Crippen molar-refractivity contribution >= 4 is 5.91 Å². The van der Waals surface area contributed by atoms with Crippen LogP contribution in [-0.2, 0) is 11.8 Å². The third-order valence-electron chi connectivity index (χ3n) is 5.01. The number of carbonyl (C=O) groups excluding carboxylic acids is 1. The molecule has 0 unspecified atom stereocenters. The maximum atomic E-state index is 13.1. The highest BCUT2D eigenvalue weighted by Crippen LogP contribution is 2.25. The van der Waals surface area contributed by atoms with E-state index in [1.54, 1.807) is 18.8 Å². The van der Waals surface area contributed by atoms with Crippen molar-refractivity contribution < 1.29 is 14.3 Å². The first kappa shape index (κ1) is 18.3. The summed E-state index contributed by atoms with van der Waals surface area (Å²) in [7, 11) is 3.44. The minimum atomic E-state index is -0.104. The van der Waals surface area contributed by atoms with Crippen molar-refractivity contribution in [2.45, 2.75) is 6.10 Å². The van der Waals surface area contributed by atoms with Gasteiger partial charge in [0.15, 0.2) is 0 Å². The van der Waals surface area contributed by atoms with E-state index in [-0.39, 0.29) is 12.0 Å². The second-order valence-electron chi connectivity index (χ2n) is 6.79. The zero-order chi connectivity index (χ0) is 19.5. The fraction of sp³-hybridized carbons (Fsp3) is 0.273. The molecule has 1 atom stereocenters. The van der Waals surface area contributed by atoms with E-state index < -0.39 is 0 Å². The summed E-state index contributed by atoms with van der Waals surface area (Å²) in [6.07, 6.45) is -0.104. The number of methoxy groups -OCH3 is 1. The standard InChI is InChI=1S/C22H23N3O3/c1-24-20(14-19(23-24)16-8-10-18(27-2)11-9-16)22(26)25-12-13-28-21(15-25)17-6-4-3-5-7-17/h3-11,14,21H,12-13,15H2,1-2H3/t21-/m1/s1. The van der Waals surface area contributed by atoms with Crippen LogP contribution >= 0.6 is 0 Å². The summed E-state index contributed by atoms with van der Waals surface area (Å²) in [6, 6.07) is 19.5. The second kappa shape index (κ2) is 7.86. The van der Waals surface area contributed by atoms with Gasteiger partial charge in [0, 0.05) is 19.2 Å². The van der Waals surface area contributed by atoms with E-state index in [1.165, 1.54) is 0 Å². The Hall–Kier alpha value is -3.12. The molecule has 0 bridgehead atoms. The number of morpholine rings is 1. The highest BCUT2D eigenvalue weighted by molar-refractivity contribution is 5.93. The number of carbonyl (C=O) groups is 1. The number of ether oxygens (including phenoxy) is 2. The number of benzene rings is 2. The Kier molecular flexibility index (Phi) is 5.12. The Labute approximate surface area is 164 Å². The maximum absolute atomic E-state index is 13.1. The Morgan fingerprint density at radius 2 is 1.89 bits per heavy atom. The second-order valence-corrected chi connectivity index (χ2v) is 6.79. The molecule has 4 rings (SSSR count). The van der Waals surface area contributed by atoms with Crippen molar-refractivity contribution in [3.63, 3.8) is 0 Å². The fourth-order valence-electron chi connectivity index (χ4n) is 3.44. The van der Waals surface area contributed by atoms with Crippen LogP contribution < -0.4 is 4.74 Å². The van der Waals surface area contributed by atoms with Crippen LogP contribution in [0.15, 0.2) is 60.7 Å². The molecule has 28 heavy (non-hydrogen) atoms. The van der Waals surface area contributed by atoms with Crippen LogP contribution in [0, 0.1) is 0 Å². The SMILES string of the molecule is COc1ccc(-c2cc(C(=O)N3CCO[C@@H](c4ccccc4)C3)n(C)n2)cc1. The molecule has 6 nitrogen and oxygen atoms in total. The third-order valence-corrected chi connectivity index (χ3v) is 5.01. The lowest BCUT2D eigenvalue weighted by Crippen LogP contribution is -2.42. The van der Waals surface area contributed by atoms with Gasteiger partial charge in [-0.25, -0.2) is 0 Å². The van der Waals surface area contributed by atoms with E-state index in [0.29, 0.717) is 25.4 Å². The number of amides is 1. The number of aromatic nitrogens is 2. The number of rotatable bonds is 4. The summed E-state index contributed by atoms with van der Waals surface area (Å²) < 4.78 is 12.7. The first-order valence-electron chi connectivity index (χ1n) is 9.30. The van der Waals surface area contributed by atoms with E-state index in [2.05, 4.69) is 5.10 Å². The molecule has 0 aliphatic carbocycles. The molecule has 0 N–H and O–H groups in total. The lowest BCUT2D eigenvalue weighted by molar-refractivity contribution is -0.0231. The van der Waals surface area contributed by atoms with Crippen molar-refractivity contribution in [3.05, 3.63) is 71.9 Å². The number of hydrogen-bond acceptors (Lipinski definition) is 4. The molecule has 144 valence electrons. The molecule has 2 heterocycles. The average Bonchev–Trinajstić information content (AvgIpc) is 3.15. The van der Waals surface area contributed by atoms with Crippen LogP contribution in [0.25, 0.3) is 11.3 Å². The zero-order valence-corrected chi connectivity index (χ0v) is 16.0. The minimum absolute atomic E-state index is 0.0287. The fourth-order valence-corrected chi connectivity index (χ4v) is 3.44. The molecule has 6 heteroatoms. The molecule has 3 aromatic rings. The third kappa shape index (κ3) is 3.64. The van der Waals surface area contributed by atoms with Gasteiger partial charge in [0.2, 0.25) is 0 Å². The average molecular weight is 377 g/mol. The number of hydrogen-bond donors (Lipinski definition) is 0. The zero-order valence-electron chi connectivity index (χ0n) is 16.0. The van der Waals surface area contributed by atoms with Crippen molar-refractivity contribution in [1.82, 2.24) is 14.7 Å². The van der Waals surface area contributed by atoms with Crippen molar-refractivity contribution in [2.75, 3.05) is 26.8 Å². The van der Waals surface area contributed by atoms with E-state index >= 15 is 0 Å². The van der Waals surface area contributed by atoms with Crippen molar-refractivity contribution in [3.8, 4) is 17.0 Å². The van der Waals surface area contributed by atoms with Gasteiger partial charge in [-0.05, 0) is 35.9 Å². The summed E-state index contributed by atoms with van der Waals surface area (Å²) in [5.41, 5.74) is 3.37. The van der Waals surface area contributed by atoms with E-state index in [1.807, 2.05) is 65.6 Å². The molecular formula is C22H23N3O3. The summed E-state index contributed by atoms with van der Waals surface area (Å²) in [5.74, 6) is 0.759. The molecule has 1 aromatic heterocycles. The number of nitrogens with zero attached hydrogens (tertiary/aromatic N) is 3. The summed E-state index contributed by atoms with van der Waals surface area (Å²) in [6.45, 7) is 1.63. The largest absolute Gasteiger partial charge is 0.497 e. The van der Waals surface area contributed by atoms with Crippen LogP contribution in [0.5, 0.6) is 5.75 Å². The normalized spacial score (nSPS) is 16.8. The van der Waals surface area contributed by atoms with Crippen LogP contribution in [0.3, 0.4) is 0 Å². The minimum Gasteiger partial charge on any atom is -0.497 e. The number of aryl methyl sites for hydroxylation is 1. The lowest BCUT2D eigenvalue weighted by Gasteiger charge is -2.33. The van der Waals surface area contributed by atoms with Gasteiger partial charge >= 0.3 is 0 Å². The molecule has 1 aliphatic rings. The molecule has 0 saturated carbocycles. The topological polar surface area (TPSA) is 56.6 Å². The Bertz CT molecular complexity index is 951. The molecule has 1 fully saturated rings. The quantitative estimate of drug-likeness (QED) is 0.700. The molecule has 1 saturated heterocycles. The first-order chi connectivity index (χ1) is 13.7. The smallest absolute Gasteiger partial charge is 0.272 e. The predicted molar refractivity (Wildman–Crippen MR) is 106 cm³/mol. The molecule has 1 amide bonds. The molecular weight excluding hydrogens is 354 g/mol. The maximum Gasteiger partial charge on any atom is 0.272 e. The first-order valence-corrected chi connectivity index (χ1v) is 9.30. The van der Waals surface area contributed by atoms with Crippen LogP contribution in [0.1, 0.15) is 22.2 Å². The van der Waals surface area contributed by atoms with Crippen molar-refractivity contribution in [1.29, 1.82) is 0 Å². The van der Waals surface area contributed by atoms with Gasteiger partial charge in [0.25, 0.3) is 5.91 Å². The van der Waals surface area contributed by atoms with Gasteiger partial charge in [-0.3, -0.25) is 9.48 Å². The van der Waals surface area contributed by atoms with Crippen LogP contribution in [0.4, 0.5) is 0 Å². The summed E-state index contributed by atoms with van der Waals surface area (Å²) in [4.78, 5) is 15.0. The van der Waals surface area contributed by atoms with Gasteiger partial charge in [-0.15, -0.1) is 0 Å². The monoisotopic (exact) mass is 377 g/mol. The molecule has 0 radical (unpaired) electrons. The summed E-state index contributed by atoms with van der Waals surface area (Å²) >= 11 is 0. The van der Waals surface area contributed by atoms with Crippen molar-refractivity contribution in [2.24, 2.45) is 7.05 Å². The Morgan fingerprint density at radius 1 is 1.14 bits per heavy atom. The van der Waals surface area contributed by atoms with Gasteiger partial charge in [-0.2, -0.15) is 5.10 Å². The summed E-state index contributed by atoms with van der Waals surface area (Å²) in [5, 5.41) is 4.53. The predicted octanol–water partition coefficient (Wildman–Crippen LogP) is 3.31. The van der Waals surface area contributed by atoms with Gasteiger partial charge in [0.05, 0.1) is 26.0 Å². The Morgan fingerprint density at radius 3 is 2.61 bits per heavy atom. The lowest BCUT2D eigenvalue weighted by atomic mass is 10.1. The highest BCUT2D eigenvalue weighted by atomic mass is 16.5. The van der Waals surface area contributed by atoms with E-state index in [4.69, 9.17) is 9.47 Å². The Balaban J connectivity index is 1.53. The molecule has 1 aliphatic heterocycles. The van der Waals surface area contributed by atoms with Gasteiger partial charge in [0.1, 0.15) is 17.5 Å². The van der Waals surface area contributed by atoms with Crippen LogP contribution in [0.2, 0.25) is 0 Å². The van der Waals surface area contributed by atoms with Crippen LogP contribution in [-0.4, -0.2) is 47.4 Å². The highest BCUT2D eigenvalue weighted by Gasteiger charge is 2.28. The van der Waals surface area contributed by atoms with E-state index in [0.717, 1.165) is 22.6 Å². The van der Waals surface area contributed by atoms with Gasteiger partial charge < -0.3 is 14.4 Å². The van der Waals surface area contributed by atoms with E-state index in [9.17, 15) is 4.79 Å². The molecule has 0 spiro atoms. The van der Waals surface area contributed by atoms with Gasteiger partial charge in [-0.1, -0.05) is 30.3 Å².